The first-order valence-electron chi connectivity index (χ1n) is 5.96. The van der Waals surface area contributed by atoms with Crippen molar-refractivity contribution in [2.45, 2.75) is 12.3 Å². The van der Waals surface area contributed by atoms with Crippen molar-refractivity contribution in [3.05, 3.63) is 58.6 Å². The van der Waals surface area contributed by atoms with Crippen LogP contribution in [0.2, 0.25) is 5.02 Å². The molecular formula is C15H13ClO4. The van der Waals surface area contributed by atoms with Crippen molar-refractivity contribution in [1.29, 1.82) is 0 Å². The summed E-state index contributed by atoms with van der Waals surface area (Å²) in [5, 5.41) is 28.8. The molecule has 0 saturated heterocycles. The fraction of sp³-hybridized carbons (Fsp3) is 0.133. The van der Waals surface area contributed by atoms with Gasteiger partial charge in [-0.3, -0.25) is 4.79 Å². The third-order valence-corrected chi connectivity index (χ3v) is 3.32. The average Bonchev–Trinajstić information content (AvgIpc) is 2.39. The highest BCUT2D eigenvalue weighted by Gasteiger charge is 2.21. The highest BCUT2D eigenvalue weighted by Crippen LogP contribution is 2.29. The van der Waals surface area contributed by atoms with E-state index in [2.05, 4.69) is 0 Å². The van der Waals surface area contributed by atoms with E-state index in [-0.39, 0.29) is 17.9 Å². The summed E-state index contributed by atoms with van der Waals surface area (Å²) in [4.78, 5) is 11.4. The zero-order valence-electron chi connectivity index (χ0n) is 10.5. The van der Waals surface area contributed by atoms with Crippen LogP contribution in [0.25, 0.3) is 0 Å². The molecule has 104 valence electrons. The number of carbonyl (C=O) groups is 1. The molecule has 0 spiro atoms. The maximum absolute atomic E-state index is 11.4. The van der Waals surface area contributed by atoms with E-state index < -0.39 is 11.9 Å². The zero-order chi connectivity index (χ0) is 14.7. The number of carboxylic acid groups (broad SMARTS) is 1. The minimum absolute atomic E-state index is 0.0652. The molecule has 0 heterocycles. The first-order chi connectivity index (χ1) is 9.47. The first-order valence-corrected chi connectivity index (χ1v) is 6.34. The van der Waals surface area contributed by atoms with Crippen LogP contribution < -0.4 is 0 Å². The van der Waals surface area contributed by atoms with Gasteiger partial charge < -0.3 is 15.3 Å². The monoisotopic (exact) mass is 292 g/mol. The van der Waals surface area contributed by atoms with Gasteiger partial charge in [0.25, 0.3) is 0 Å². The summed E-state index contributed by atoms with van der Waals surface area (Å²) in [6.07, 6.45) is 0.128. The van der Waals surface area contributed by atoms with Gasteiger partial charge in [0, 0.05) is 11.1 Å². The Balaban J connectivity index is 2.30. The molecule has 2 aromatic carbocycles. The number of rotatable bonds is 4. The fourth-order valence-electron chi connectivity index (χ4n) is 1.99. The van der Waals surface area contributed by atoms with Gasteiger partial charge >= 0.3 is 5.97 Å². The molecule has 20 heavy (non-hydrogen) atoms. The summed E-state index contributed by atoms with van der Waals surface area (Å²) in [6, 6.07) is 10.7. The van der Waals surface area contributed by atoms with E-state index >= 15 is 0 Å². The summed E-state index contributed by atoms with van der Waals surface area (Å²) in [7, 11) is 0. The molecule has 5 heteroatoms. The number of benzene rings is 2. The predicted molar refractivity (Wildman–Crippen MR) is 75.3 cm³/mol. The maximum atomic E-state index is 11.4. The Morgan fingerprint density at radius 3 is 2.30 bits per heavy atom. The van der Waals surface area contributed by atoms with Crippen LogP contribution in [0.5, 0.6) is 11.5 Å². The van der Waals surface area contributed by atoms with Gasteiger partial charge in [0.2, 0.25) is 0 Å². The van der Waals surface area contributed by atoms with Gasteiger partial charge in [-0.25, -0.2) is 0 Å². The van der Waals surface area contributed by atoms with Crippen LogP contribution in [0.1, 0.15) is 17.0 Å². The Morgan fingerprint density at radius 2 is 1.75 bits per heavy atom. The minimum Gasteiger partial charge on any atom is -0.508 e. The summed E-state index contributed by atoms with van der Waals surface area (Å²) < 4.78 is 0. The van der Waals surface area contributed by atoms with Crippen LogP contribution in [0.15, 0.2) is 42.5 Å². The molecule has 0 fully saturated rings. The molecule has 3 N–H and O–H groups in total. The first kappa shape index (κ1) is 14.2. The second-order valence-corrected chi connectivity index (χ2v) is 4.90. The molecule has 2 aromatic rings. The number of phenols is 2. The fourth-order valence-corrected chi connectivity index (χ4v) is 2.11. The standard InChI is InChI=1S/C15H13ClO4/c16-11-4-1-9(2-5-11)13(15(19)20)7-10-3-6-12(17)8-14(10)18/h1-6,8,13,17-18H,7H2,(H,19,20). The maximum Gasteiger partial charge on any atom is 0.311 e. The normalized spacial score (nSPS) is 12.1. The number of hydrogen-bond acceptors (Lipinski definition) is 3. The van der Waals surface area contributed by atoms with Gasteiger partial charge in [-0.05, 0) is 35.7 Å². The summed E-state index contributed by atoms with van der Waals surface area (Å²) in [5.74, 6) is -1.96. The highest BCUT2D eigenvalue weighted by atomic mass is 35.5. The Bertz CT molecular complexity index is 622. The van der Waals surface area contributed by atoms with Crippen LogP contribution in [0, 0.1) is 0 Å². The minimum atomic E-state index is -0.986. The summed E-state index contributed by atoms with van der Waals surface area (Å²) >= 11 is 5.78. The lowest BCUT2D eigenvalue weighted by Crippen LogP contribution is -2.14. The molecule has 0 aliphatic heterocycles. The molecule has 0 aliphatic carbocycles. The molecule has 0 aromatic heterocycles. The molecule has 0 bridgehead atoms. The van der Waals surface area contributed by atoms with Gasteiger partial charge in [0.15, 0.2) is 0 Å². The van der Waals surface area contributed by atoms with Crippen molar-refractivity contribution >= 4 is 17.6 Å². The van der Waals surface area contributed by atoms with Crippen molar-refractivity contribution in [2.75, 3.05) is 0 Å². The third-order valence-electron chi connectivity index (χ3n) is 3.06. The lowest BCUT2D eigenvalue weighted by Gasteiger charge is -2.14. The van der Waals surface area contributed by atoms with Crippen molar-refractivity contribution in [3.63, 3.8) is 0 Å². The molecule has 0 saturated carbocycles. The smallest absolute Gasteiger partial charge is 0.311 e. The van der Waals surface area contributed by atoms with Gasteiger partial charge in [-0.2, -0.15) is 0 Å². The van der Waals surface area contributed by atoms with E-state index in [4.69, 9.17) is 11.6 Å². The lowest BCUT2D eigenvalue weighted by atomic mass is 9.91. The van der Waals surface area contributed by atoms with Crippen LogP contribution in [-0.4, -0.2) is 21.3 Å². The van der Waals surface area contributed by atoms with E-state index in [0.29, 0.717) is 16.1 Å². The number of phenolic OH excluding ortho intramolecular Hbond substituents is 2. The second kappa shape index (κ2) is 5.84. The number of hydrogen-bond donors (Lipinski definition) is 3. The Morgan fingerprint density at radius 1 is 1.10 bits per heavy atom. The van der Waals surface area contributed by atoms with Gasteiger partial charge in [0.05, 0.1) is 5.92 Å². The Hall–Kier alpha value is -2.20. The number of aromatic hydroxyl groups is 2. The zero-order valence-corrected chi connectivity index (χ0v) is 11.2. The second-order valence-electron chi connectivity index (χ2n) is 4.46. The molecule has 1 unspecified atom stereocenters. The summed E-state index contributed by atoms with van der Waals surface area (Å²) in [5.41, 5.74) is 1.07. The predicted octanol–water partition coefficient (Wildman–Crippen LogP) is 3.16. The number of carboxylic acids is 1. The van der Waals surface area contributed by atoms with Crippen LogP contribution in [0.3, 0.4) is 0 Å². The van der Waals surface area contributed by atoms with Gasteiger partial charge in [0.1, 0.15) is 11.5 Å². The SMILES string of the molecule is O=C(O)C(Cc1ccc(O)cc1O)c1ccc(Cl)cc1. The van der Waals surface area contributed by atoms with Gasteiger partial charge in [-0.15, -0.1) is 0 Å². The Kier molecular flexibility index (Phi) is 4.15. The van der Waals surface area contributed by atoms with E-state index in [1.54, 1.807) is 24.3 Å². The van der Waals surface area contributed by atoms with Gasteiger partial charge in [-0.1, -0.05) is 29.8 Å². The molecule has 1 atom stereocenters. The molecule has 0 amide bonds. The summed E-state index contributed by atoms with van der Waals surface area (Å²) in [6.45, 7) is 0. The lowest BCUT2D eigenvalue weighted by molar-refractivity contribution is -0.138. The molecular weight excluding hydrogens is 280 g/mol. The van der Waals surface area contributed by atoms with Crippen molar-refractivity contribution in [2.24, 2.45) is 0 Å². The topological polar surface area (TPSA) is 77.8 Å². The Labute approximate surface area is 120 Å². The quantitative estimate of drug-likeness (QED) is 0.809. The van der Waals surface area contributed by atoms with E-state index in [1.165, 1.54) is 18.2 Å². The molecule has 0 aliphatic rings. The van der Waals surface area contributed by atoms with Crippen molar-refractivity contribution < 1.29 is 20.1 Å². The van der Waals surface area contributed by atoms with Crippen LogP contribution in [0.4, 0.5) is 0 Å². The van der Waals surface area contributed by atoms with Crippen LogP contribution in [-0.2, 0) is 11.2 Å². The third kappa shape index (κ3) is 3.22. The molecule has 4 nitrogen and oxygen atoms in total. The van der Waals surface area contributed by atoms with E-state index in [0.717, 1.165) is 0 Å². The van der Waals surface area contributed by atoms with Crippen LogP contribution >= 0.6 is 11.6 Å². The van der Waals surface area contributed by atoms with E-state index in [1.807, 2.05) is 0 Å². The number of aliphatic carboxylic acids is 1. The van der Waals surface area contributed by atoms with Crippen molar-refractivity contribution in [3.8, 4) is 11.5 Å². The molecule has 2 rings (SSSR count). The van der Waals surface area contributed by atoms with Crippen molar-refractivity contribution in [1.82, 2.24) is 0 Å². The molecule has 0 radical (unpaired) electrons. The number of halogens is 1. The van der Waals surface area contributed by atoms with E-state index in [9.17, 15) is 20.1 Å². The highest BCUT2D eigenvalue weighted by molar-refractivity contribution is 6.30. The average molecular weight is 293 g/mol. The largest absolute Gasteiger partial charge is 0.508 e.